The number of carbonyl (C=O) groups excluding carboxylic acids is 1. The fourth-order valence-electron chi connectivity index (χ4n) is 2.96. The van der Waals surface area contributed by atoms with E-state index in [2.05, 4.69) is 5.32 Å². The molecule has 0 unspecified atom stereocenters. The van der Waals surface area contributed by atoms with E-state index in [0.29, 0.717) is 48.9 Å². The summed E-state index contributed by atoms with van der Waals surface area (Å²) in [5, 5.41) is 2.88. The lowest BCUT2D eigenvalue weighted by Crippen LogP contribution is -2.43. The van der Waals surface area contributed by atoms with Crippen LogP contribution in [0.5, 0.6) is 11.5 Å². The van der Waals surface area contributed by atoms with E-state index < -0.39 is 5.63 Å². The van der Waals surface area contributed by atoms with Crippen molar-refractivity contribution in [3.05, 3.63) is 52.6 Å². The van der Waals surface area contributed by atoms with Crippen molar-refractivity contribution in [2.24, 2.45) is 0 Å². The van der Waals surface area contributed by atoms with Crippen LogP contribution in [0, 0.1) is 6.92 Å². The van der Waals surface area contributed by atoms with E-state index in [1.807, 2.05) is 12.1 Å². The summed E-state index contributed by atoms with van der Waals surface area (Å²) in [5.74, 6) is 1.65. The van der Waals surface area contributed by atoms with Gasteiger partial charge in [0.25, 0.3) is 0 Å². The molecule has 7 nitrogen and oxygen atoms in total. The highest BCUT2D eigenvalue weighted by Gasteiger charge is 2.24. The van der Waals surface area contributed by atoms with E-state index >= 15 is 0 Å². The summed E-state index contributed by atoms with van der Waals surface area (Å²) in [4.78, 5) is 25.6. The molecule has 0 atom stereocenters. The first-order chi connectivity index (χ1) is 12.5. The van der Waals surface area contributed by atoms with Gasteiger partial charge in [-0.25, -0.2) is 9.59 Å². The van der Waals surface area contributed by atoms with Gasteiger partial charge in [-0.1, -0.05) is 12.1 Å². The van der Waals surface area contributed by atoms with Crippen LogP contribution in [-0.2, 0) is 0 Å². The van der Waals surface area contributed by atoms with Crippen LogP contribution >= 0.6 is 0 Å². The molecule has 2 amide bonds. The first-order valence-corrected chi connectivity index (χ1v) is 8.52. The van der Waals surface area contributed by atoms with Gasteiger partial charge in [-0.15, -0.1) is 0 Å². The van der Waals surface area contributed by atoms with Crippen LogP contribution in [-0.4, -0.2) is 37.2 Å². The standard InChI is InChI=1S/C19H22N2O5/c1-13-11-15(12-18(22)25-13)26-14-7-9-21(10-8-14)19(23)20-16-5-3-4-6-17(16)24-2/h3-6,11-12,14H,7-10H2,1-2H3,(H,20,23). The van der Waals surface area contributed by atoms with Crippen molar-refractivity contribution in [3.63, 3.8) is 0 Å². The lowest BCUT2D eigenvalue weighted by molar-refractivity contribution is 0.114. The molecule has 7 heteroatoms. The second-order valence-corrected chi connectivity index (χ2v) is 6.16. The number of benzene rings is 1. The number of nitrogens with zero attached hydrogens (tertiary/aromatic N) is 1. The van der Waals surface area contributed by atoms with Gasteiger partial charge in [0.1, 0.15) is 23.4 Å². The Morgan fingerprint density at radius 3 is 2.65 bits per heavy atom. The number of para-hydroxylation sites is 2. The lowest BCUT2D eigenvalue weighted by atomic mass is 10.1. The number of hydrogen-bond acceptors (Lipinski definition) is 5. The quantitative estimate of drug-likeness (QED) is 0.909. The van der Waals surface area contributed by atoms with Gasteiger partial charge in [-0.3, -0.25) is 0 Å². The molecule has 1 aromatic carbocycles. The molecular formula is C19H22N2O5. The highest BCUT2D eigenvalue weighted by atomic mass is 16.5. The lowest BCUT2D eigenvalue weighted by Gasteiger charge is -2.32. The average Bonchev–Trinajstić information content (AvgIpc) is 2.62. The fraction of sp³-hybridized carbons (Fsp3) is 0.368. The Bertz CT molecular complexity index is 825. The van der Waals surface area contributed by atoms with Crippen molar-refractivity contribution in [3.8, 4) is 11.5 Å². The molecule has 1 fully saturated rings. The summed E-state index contributed by atoms with van der Waals surface area (Å²) in [7, 11) is 1.57. The molecule has 26 heavy (non-hydrogen) atoms. The normalized spacial score (nSPS) is 14.8. The molecule has 1 aliphatic heterocycles. The average molecular weight is 358 g/mol. The third kappa shape index (κ3) is 4.36. The minimum atomic E-state index is -0.423. The number of rotatable bonds is 4. The maximum atomic E-state index is 12.5. The molecule has 138 valence electrons. The van der Waals surface area contributed by atoms with Gasteiger partial charge in [0.15, 0.2) is 0 Å². The molecule has 0 radical (unpaired) electrons. The Kier molecular flexibility index (Phi) is 5.46. The van der Waals surface area contributed by atoms with Gasteiger partial charge in [0, 0.05) is 32.0 Å². The van der Waals surface area contributed by atoms with Crippen molar-refractivity contribution in [1.29, 1.82) is 0 Å². The van der Waals surface area contributed by atoms with Gasteiger partial charge in [-0.05, 0) is 19.1 Å². The van der Waals surface area contributed by atoms with E-state index in [-0.39, 0.29) is 12.1 Å². The van der Waals surface area contributed by atoms with Crippen molar-refractivity contribution >= 4 is 11.7 Å². The summed E-state index contributed by atoms with van der Waals surface area (Å²) >= 11 is 0. The summed E-state index contributed by atoms with van der Waals surface area (Å²) in [6.07, 6.45) is 1.35. The molecule has 0 spiro atoms. The van der Waals surface area contributed by atoms with Crippen LogP contribution in [0.25, 0.3) is 0 Å². The molecular weight excluding hydrogens is 336 g/mol. The highest BCUT2D eigenvalue weighted by Crippen LogP contribution is 2.24. The zero-order valence-electron chi connectivity index (χ0n) is 14.9. The third-order valence-corrected chi connectivity index (χ3v) is 4.25. The Balaban J connectivity index is 1.54. The minimum absolute atomic E-state index is 0.0356. The summed E-state index contributed by atoms with van der Waals surface area (Å²) < 4.78 is 16.0. The topological polar surface area (TPSA) is 81.0 Å². The maximum absolute atomic E-state index is 12.5. The monoisotopic (exact) mass is 358 g/mol. The molecule has 1 N–H and O–H groups in total. The van der Waals surface area contributed by atoms with Crippen LogP contribution < -0.4 is 20.4 Å². The van der Waals surface area contributed by atoms with E-state index in [4.69, 9.17) is 13.9 Å². The Morgan fingerprint density at radius 2 is 1.96 bits per heavy atom. The second-order valence-electron chi connectivity index (χ2n) is 6.16. The van der Waals surface area contributed by atoms with Gasteiger partial charge in [0.2, 0.25) is 0 Å². The Hall–Kier alpha value is -2.96. The number of nitrogens with one attached hydrogen (secondary N) is 1. The maximum Gasteiger partial charge on any atom is 0.339 e. The number of carbonyl (C=O) groups is 1. The number of piperidine rings is 1. The molecule has 1 aromatic heterocycles. The van der Waals surface area contributed by atoms with E-state index in [1.165, 1.54) is 6.07 Å². The number of ether oxygens (including phenoxy) is 2. The predicted molar refractivity (Wildman–Crippen MR) is 97.0 cm³/mol. The van der Waals surface area contributed by atoms with Crippen LogP contribution in [0.4, 0.5) is 10.5 Å². The minimum Gasteiger partial charge on any atom is -0.495 e. The van der Waals surface area contributed by atoms with Gasteiger partial charge >= 0.3 is 11.7 Å². The van der Waals surface area contributed by atoms with Crippen molar-refractivity contribution in [2.45, 2.75) is 25.9 Å². The number of anilines is 1. The van der Waals surface area contributed by atoms with Crippen LogP contribution in [0.1, 0.15) is 18.6 Å². The Labute approximate surface area is 151 Å². The highest BCUT2D eigenvalue weighted by molar-refractivity contribution is 5.91. The largest absolute Gasteiger partial charge is 0.495 e. The smallest absolute Gasteiger partial charge is 0.339 e. The number of hydrogen-bond donors (Lipinski definition) is 1. The van der Waals surface area contributed by atoms with E-state index in [0.717, 1.165) is 0 Å². The van der Waals surface area contributed by atoms with Gasteiger partial charge in [0.05, 0.1) is 18.9 Å². The molecule has 0 bridgehead atoms. The van der Waals surface area contributed by atoms with Crippen LogP contribution in [0.15, 0.2) is 45.6 Å². The number of urea groups is 1. The first-order valence-electron chi connectivity index (χ1n) is 8.52. The molecule has 1 saturated heterocycles. The van der Waals surface area contributed by atoms with Crippen LogP contribution in [0.2, 0.25) is 0 Å². The number of methoxy groups -OCH3 is 1. The first kappa shape index (κ1) is 17.8. The number of aryl methyl sites for hydroxylation is 1. The molecule has 0 aliphatic carbocycles. The summed E-state index contributed by atoms with van der Waals surface area (Å²) in [5.41, 5.74) is 0.221. The predicted octanol–water partition coefficient (Wildman–Crippen LogP) is 3.03. The van der Waals surface area contributed by atoms with Gasteiger partial charge in [-0.2, -0.15) is 0 Å². The second kappa shape index (κ2) is 7.95. The van der Waals surface area contributed by atoms with Gasteiger partial charge < -0.3 is 24.1 Å². The van der Waals surface area contributed by atoms with Crippen molar-refractivity contribution < 1.29 is 18.7 Å². The number of likely N-dealkylation sites (tertiary alicyclic amines) is 1. The SMILES string of the molecule is COc1ccccc1NC(=O)N1CCC(Oc2cc(C)oc(=O)c2)CC1. The molecule has 0 saturated carbocycles. The number of amides is 2. The zero-order chi connectivity index (χ0) is 18.5. The molecule has 1 aliphatic rings. The zero-order valence-corrected chi connectivity index (χ0v) is 14.9. The fourth-order valence-corrected chi connectivity index (χ4v) is 2.96. The molecule has 2 heterocycles. The summed E-state index contributed by atoms with van der Waals surface area (Å²) in [6, 6.07) is 10.2. The van der Waals surface area contributed by atoms with E-state index in [9.17, 15) is 9.59 Å². The van der Waals surface area contributed by atoms with Crippen molar-refractivity contribution in [2.75, 3.05) is 25.5 Å². The molecule has 2 aromatic rings. The Morgan fingerprint density at radius 1 is 1.23 bits per heavy atom. The van der Waals surface area contributed by atoms with E-state index in [1.54, 1.807) is 37.1 Å². The molecule has 3 rings (SSSR count). The van der Waals surface area contributed by atoms with Crippen molar-refractivity contribution in [1.82, 2.24) is 4.90 Å². The third-order valence-electron chi connectivity index (χ3n) is 4.25. The van der Waals surface area contributed by atoms with Crippen LogP contribution in [0.3, 0.4) is 0 Å². The summed E-state index contributed by atoms with van der Waals surface area (Å²) in [6.45, 7) is 2.86.